The molecular formula is C18H19NO2S2. The summed E-state index contributed by atoms with van der Waals surface area (Å²) in [6, 6.07) is 7.91. The Labute approximate surface area is 146 Å². The van der Waals surface area contributed by atoms with Gasteiger partial charge in [-0.05, 0) is 36.6 Å². The van der Waals surface area contributed by atoms with Gasteiger partial charge in [-0.3, -0.25) is 9.69 Å². The molecule has 1 fully saturated rings. The van der Waals surface area contributed by atoms with Crippen LogP contribution in [0.4, 0.5) is 0 Å². The summed E-state index contributed by atoms with van der Waals surface area (Å²) in [4.78, 5) is 14.9. The van der Waals surface area contributed by atoms with Gasteiger partial charge in [0.2, 0.25) is 0 Å². The number of thiocarbonyl (C=S) groups is 1. The molecule has 1 atom stereocenters. The summed E-state index contributed by atoms with van der Waals surface area (Å²) in [6.45, 7) is 6.82. The molecule has 0 unspecified atom stereocenters. The maximum absolute atomic E-state index is 12.6. The van der Waals surface area contributed by atoms with Crippen LogP contribution in [0.3, 0.4) is 0 Å². The van der Waals surface area contributed by atoms with E-state index in [4.69, 9.17) is 17.0 Å². The van der Waals surface area contributed by atoms with Gasteiger partial charge < -0.3 is 4.74 Å². The van der Waals surface area contributed by atoms with E-state index in [1.165, 1.54) is 11.8 Å². The number of hydrogen-bond donors (Lipinski definition) is 0. The summed E-state index contributed by atoms with van der Waals surface area (Å²) in [5.41, 5.74) is 2.03. The number of carbonyl (C=O) groups excluding carboxylic acids is 1. The Morgan fingerprint density at radius 1 is 1.39 bits per heavy atom. The normalized spacial score (nSPS) is 22.4. The standard InChI is InChI=1S/C18H19NO2S2/c1-11(2)10-19-17(20)16(23-18(19)22)9-14-8-13-6-4-5-7-15(13)21-12(14)3/h4-9,11-12H,10H2,1-3H3/b16-9+/t12-/m1/s1. The first-order chi connectivity index (χ1) is 11.0. The first-order valence-corrected chi connectivity index (χ1v) is 8.91. The van der Waals surface area contributed by atoms with Crippen LogP contribution in [0.1, 0.15) is 26.3 Å². The summed E-state index contributed by atoms with van der Waals surface area (Å²) in [7, 11) is 0. The van der Waals surface area contributed by atoms with Crippen LogP contribution in [-0.2, 0) is 4.79 Å². The molecule has 0 saturated carbocycles. The van der Waals surface area contributed by atoms with Gasteiger partial charge in [0.15, 0.2) is 0 Å². The summed E-state index contributed by atoms with van der Waals surface area (Å²) in [5.74, 6) is 1.27. The highest BCUT2D eigenvalue weighted by atomic mass is 32.2. The molecule has 2 aliphatic rings. The van der Waals surface area contributed by atoms with E-state index in [0.717, 1.165) is 16.9 Å². The predicted octanol–water partition coefficient (Wildman–Crippen LogP) is 4.25. The van der Waals surface area contributed by atoms with Gasteiger partial charge in [-0.1, -0.05) is 56.0 Å². The number of benzene rings is 1. The molecule has 1 aromatic rings. The fourth-order valence-electron chi connectivity index (χ4n) is 2.60. The van der Waals surface area contributed by atoms with Gasteiger partial charge in [0.05, 0.1) is 4.91 Å². The molecule has 5 heteroatoms. The Morgan fingerprint density at radius 3 is 2.87 bits per heavy atom. The maximum atomic E-state index is 12.6. The Bertz CT molecular complexity index is 721. The van der Waals surface area contributed by atoms with Crippen molar-refractivity contribution in [1.82, 2.24) is 4.90 Å². The summed E-state index contributed by atoms with van der Waals surface area (Å²) in [5, 5.41) is 0. The molecule has 3 rings (SSSR count). The summed E-state index contributed by atoms with van der Waals surface area (Å²) in [6.07, 6.45) is 3.91. The van der Waals surface area contributed by atoms with Gasteiger partial charge in [0.1, 0.15) is 16.2 Å². The minimum Gasteiger partial charge on any atom is -0.485 e. The van der Waals surface area contributed by atoms with Crippen LogP contribution in [0.2, 0.25) is 0 Å². The lowest BCUT2D eigenvalue weighted by molar-refractivity contribution is -0.122. The van der Waals surface area contributed by atoms with Gasteiger partial charge in [-0.15, -0.1) is 0 Å². The molecule has 3 nitrogen and oxygen atoms in total. The molecule has 120 valence electrons. The van der Waals surface area contributed by atoms with Crippen molar-refractivity contribution in [2.75, 3.05) is 6.54 Å². The number of thioether (sulfide) groups is 1. The number of rotatable bonds is 3. The van der Waals surface area contributed by atoms with Crippen LogP contribution >= 0.6 is 24.0 Å². The monoisotopic (exact) mass is 345 g/mol. The highest BCUT2D eigenvalue weighted by Crippen LogP contribution is 2.35. The zero-order valence-electron chi connectivity index (χ0n) is 13.4. The van der Waals surface area contributed by atoms with E-state index in [1.807, 2.05) is 37.3 Å². The zero-order chi connectivity index (χ0) is 16.6. The van der Waals surface area contributed by atoms with Gasteiger partial charge >= 0.3 is 0 Å². The van der Waals surface area contributed by atoms with Crippen LogP contribution < -0.4 is 4.74 Å². The first-order valence-electron chi connectivity index (χ1n) is 7.68. The van der Waals surface area contributed by atoms with Crippen LogP contribution in [-0.4, -0.2) is 27.8 Å². The molecule has 1 saturated heterocycles. The lowest BCUT2D eigenvalue weighted by atomic mass is 10.0. The minimum absolute atomic E-state index is 0.000610. The molecule has 2 aliphatic heterocycles. The van der Waals surface area contributed by atoms with E-state index in [2.05, 4.69) is 19.9 Å². The second-order valence-electron chi connectivity index (χ2n) is 6.13. The third kappa shape index (κ3) is 3.35. The topological polar surface area (TPSA) is 29.5 Å². The van der Waals surface area contributed by atoms with E-state index < -0.39 is 0 Å². The first kappa shape index (κ1) is 16.3. The van der Waals surface area contributed by atoms with Crippen LogP contribution in [0.5, 0.6) is 5.75 Å². The van der Waals surface area contributed by atoms with Gasteiger partial charge in [-0.25, -0.2) is 0 Å². The van der Waals surface area contributed by atoms with Gasteiger partial charge in [-0.2, -0.15) is 0 Å². The van der Waals surface area contributed by atoms with Crippen molar-refractivity contribution in [3.8, 4) is 5.75 Å². The average Bonchev–Trinajstić information content (AvgIpc) is 2.75. The van der Waals surface area contributed by atoms with E-state index >= 15 is 0 Å². The van der Waals surface area contributed by atoms with Gasteiger partial charge in [0, 0.05) is 12.1 Å². The largest absolute Gasteiger partial charge is 0.485 e. The van der Waals surface area contributed by atoms with Crippen molar-refractivity contribution >= 4 is 40.3 Å². The average molecular weight is 345 g/mol. The zero-order valence-corrected chi connectivity index (χ0v) is 15.0. The number of nitrogens with zero attached hydrogens (tertiary/aromatic N) is 1. The number of para-hydroxylation sites is 1. The molecule has 0 aromatic heterocycles. The summed E-state index contributed by atoms with van der Waals surface area (Å²) < 4.78 is 6.57. The highest BCUT2D eigenvalue weighted by Gasteiger charge is 2.33. The molecule has 2 heterocycles. The van der Waals surface area contributed by atoms with E-state index in [-0.39, 0.29) is 12.0 Å². The molecule has 0 aliphatic carbocycles. The van der Waals surface area contributed by atoms with Crippen LogP contribution in [0.25, 0.3) is 6.08 Å². The molecule has 0 radical (unpaired) electrons. The van der Waals surface area contributed by atoms with Crippen LogP contribution in [0.15, 0.2) is 40.8 Å². The van der Waals surface area contributed by atoms with Crippen LogP contribution in [0, 0.1) is 5.92 Å². The molecule has 1 amide bonds. The lowest BCUT2D eigenvalue weighted by Gasteiger charge is -2.23. The predicted molar refractivity (Wildman–Crippen MR) is 99.3 cm³/mol. The number of amides is 1. The Kier molecular flexibility index (Phi) is 4.60. The maximum Gasteiger partial charge on any atom is 0.266 e. The highest BCUT2D eigenvalue weighted by molar-refractivity contribution is 8.26. The number of ether oxygens (including phenoxy) is 1. The second kappa shape index (κ2) is 6.49. The third-order valence-electron chi connectivity index (χ3n) is 3.73. The minimum atomic E-state index is -0.0847. The number of hydrogen-bond acceptors (Lipinski definition) is 4. The summed E-state index contributed by atoms with van der Waals surface area (Å²) >= 11 is 6.72. The molecule has 1 aromatic carbocycles. The fourth-order valence-corrected chi connectivity index (χ4v) is 3.87. The molecule has 0 N–H and O–H groups in total. The second-order valence-corrected chi connectivity index (χ2v) is 7.80. The Hall–Kier alpha value is -1.59. The third-order valence-corrected chi connectivity index (χ3v) is 5.11. The van der Waals surface area contributed by atoms with E-state index in [0.29, 0.717) is 21.7 Å². The van der Waals surface area contributed by atoms with E-state index in [9.17, 15) is 4.79 Å². The fraction of sp³-hybridized carbons (Fsp3) is 0.333. The smallest absolute Gasteiger partial charge is 0.266 e. The van der Waals surface area contributed by atoms with Crippen molar-refractivity contribution < 1.29 is 9.53 Å². The van der Waals surface area contributed by atoms with Gasteiger partial charge in [0.25, 0.3) is 5.91 Å². The van der Waals surface area contributed by atoms with Crippen molar-refractivity contribution in [2.45, 2.75) is 26.9 Å². The van der Waals surface area contributed by atoms with Crippen molar-refractivity contribution in [3.05, 3.63) is 46.4 Å². The number of carbonyl (C=O) groups is 1. The molecule has 0 spiro atoms. The van der Waals surface area contributed by atoms with Crippen molar-refractivity contribution in [1.29, 1.82) is 0 Å². The van der Waals surface area contributed by atoms with Crippen molar-refractivity contribution in [3.63, 3.8) is 0 Å². The quantitative estimate of drug-likeness (QED) is 0.605. The van der Waals surface area contributed by atoms with E-state index in [1.54, 1.807) is 4.90 Å². The number of fused-ring (bicyclic) bond motifs is 1. The molecule has 23 heavy (non-hydrogen) atoms. The molecular weight excluding hydrogens is 326 g/mol. The van der Waals surface area contributed by atoms with Crippen molar-refractivity contribution in [2.24, 2.45) is 5.92 Å². The Balaban J connectivity index is 1.89. The lowest BCUT2D eigenvalue weighted by Crippen LogP contribution is -2.31. The molecule has 0 bridgehead atoms. The Morgan fingerprint density at radius 2 is 2.13 bits per heavy atom. The SMILES string of the molecule is CC(C)CN1C(=O)/C(=C\C2=Cc3ccccc3O[C@@H]2C)SC1=S.